The van der Waals surface area contributed by atoms with Gasteiger partial charge in [-0.05, 0) is 0 Å². The highest BCUT2D eigenvalue weighted by Gasteiger charge is 2.62. The van der Waals surface area contributed by atoms with E-state index in [1.165, 1.54) is 0 Å². The Hall–Kier alpha value is -2.00. The van der Waals surface area contributed by atoms with Crippen molar-refractivity contribution in [2.45, 2.75) is 307 Å². The molecule has 50 atom stereocenters. The Bertz CT molecular complexity index is 2780. The first-order valence-corrected chi connectivity index (χ1v) is 35.2. The van der Waals surface area contributed by atoms with Crippen LogP contribution >= 0.6 is 0 Å². The van der Waals surface area contributed by atoms with Gasteiger partial charge in [0.1, 0.15) is 244 Å². The van der Waals surface area contributed by atoms with E-state index >= 15 is 0 Å². The lowest BCUT2D eigenvalue weighted by Crippen LogP contribution is -2.69. The van der Waals surface area contributed by atoms with Crippen LogP contribution in [0, 0.1) is 0 Å². The normalized spacial score (nSPS) is 55.1. The molecule has 32 rings (SSSR count). The van der Waals surface area contributed by atoms with Gasteiger partial charge in [-0.25, -0.2) is 0 Å². The van der Waals surface area contributed by atoms with Crippen LogP contribution in [-0.2, 0) is 94.7 Å². The summed E-state index contributed by atoms with van der Waals surface area (Å²) >= 11 is 0. The summed E-state index contributed by atoms with van der Waals surface area (Å²) in [6, 6.07) is 0. The first-order valence-electron chi connectivity index (χ1n) is 35.2. The van der Waals surface area contributed by atoms with Crippen molar-refractivity contribution in [1.82, 2.24) is 0 Å². The third-order valence-electron chi connectivity index (χ3n) is 21.1. The van der Waals surface area contributed by atoms with Gasteiger partial charge < -0.3 is 248 Å². The van der Waals surface area contributed by atoms with Gasteiger partial charge in [0.25, 0.3) is 0 Å². The lowest BCUT2D eigenvalue weighted by molar-refractivity contribution is -0.405. The fourth-order valence-electron chi connectivity index (χ4n) is 14.8. The summed E-state index contributed by atoms with van der Waals surface area (Å²) in [4.78, 5) is 0. The van der Waals surface area contributed by atoms with Crippen LogP contribution in [0.3, 0.4) is 0 Å². The van der Waals surface area contributed by atoms with Crippen LogP contribution in [0.1, 0.15) is 0 Å². The maximum absolute atomic E-state index is 12.1. The summed E-state index contributed by atoms with van der Waals surface area (Å²) in [5.74, 6) is 0. The molecular formula is C60H100O50. The Kier molecular flexibility index (Phi) is 30.6. The van der Waals surface area contributed by atoms with Crippen molar-refractivity contribution >= 4 is 0 Å². The maximum atomic E-state index is 12.1. The Labute approximate surface area is 619 Å². The molecule has 32 heterocycles. The van der Waals surface area contributed by atoms with Crippen LogP contribution in [0.5, 0.6) is 0 Å². The van der Waals surface area contributed by atoms with Crippen molar-refractivity contribution < 1.29 is 248 Å². The van der Waals surface area contributed by atoms with Crippen LogP contribution in [0.2, 0.25) is 0 Å². The van der Waals surface area contributed by atoms with Crippen molar-refractivity contribution in [1.29, 1.82) is 0 Å². The van der Waals surface area contributed by atoms with Gasteiger partial charge in [0.15, 0.2) is 62.9 Å². The van der Waals surface area contributed by atoms with E-state index in [0.717, 1.165) is 0 Å². The van der Waals surface area contributed by atoms with Gasteiger partial charge >= 0.3 is 0 Å². The van der Waals surface area contributed by atoms with E-state index in [9.17, 15) is 153 Å². The van der Waals surface area contributed by atoms with E-state index in [0.29, 0.717) is 0 Å². The van der Waals surface area contributed by atoms with E-state index < -0.39 is 373 Å². The van der Waals surface area contributed by atoms with E-state index in [-0.39, 0.29) is 0 Å². The zero-order valence-electron chi connectivity index (χ0n) is 57.5. The van der Waals surface area contributed by atoms with Gasteiger partial charge in [-0.3, -0.25) is 0 Å². The highest BCUT2D eigenvalue weighted by atomic mass is 16.8. The van der Waals surface area contributed by atoms with E-state index in [4.69, 9.17) is 94.7 Å². The summed E-state index contributed by atoms with van der Waals surface area (Å²) in [6.45, 7) is -11.2. The molecule has 0 aromatic carbocycles. The number of ether oxygens (including phenoxy) is 20. The summed E-state index contributed by atoms with van der Waals surface area (Å²) in [5, 5.41) is 334. The fourth-order valence-corrected chi connectivity index (χ4v) is 14.8. The minimum atomic E-state index is -2.47. The van der Waals surface area contributed by atoms with Gasteiger partial charge in [0, 0.05) is 0 Å². The Morgan fingerprint density at radius 3 is 0.591 bits per heavy atom. The molecular weight excluding hydrogens is 1520 g/mol. The highest BCUT2D eigenvalue weighted by Crippen LogP contribution is 2.41. The zero-order chi connectivity index (χ0) is 80.1. The molecule has 0 aromatic rings. The molecule has 32 saturated heterocycles. The molecule has 640 valence electrons. The molecule has 0 aliphatic carbocycles. The van der Waals surface area contributed by atoms with Gasteiger partial charge in [-0.2, -0.15) is 0 Å². The summed E-state index contributed by atoms with van der Waals surface area (Å²) in [6.07, 6.45) is -106. The molecule has 0 aromatic heterocycles. The van der Waals surface area contributed by atoms with Crippen molar-refractivity contribution in [3.05, 3.63) is 0 Å². The van der Waals surface area contributed by atoms with E-state index in [2.05, 4.69) is 0 Å². The number of hydrogen-bond donors (Lipinski definition) is 30. The summed E-state index contributed by atoms with van der Waals surface area (Å²) in [5.41, 5.74) is 0. The molecule has 50 heteroatoms. The van der Waals surface area contributed by atoms with Gasteiger partial charge in [0.2, 0.25) is 0 Å². The molecule has 0 spiro atoms. The first-order chi connectivity index (χ1) is 52.3. The number of aliphatic hydroxyl groups excluding tert-OH is 30. The molecule has 16 bridgehead atoms. The van der Waals surface area contributed by atoms with Crippen molar-refractivity contribution in [2.75, 3.05) is 66.1 Å². The van der Waals surface area contributed by atoms with Crippen LogP contribution < -0.4 is 0 Å². The number of rotatable bonds is 14. The molecule has 50 nitrogen and oxygen atoms in total. The minimum Gasteiger partial charge on any atom is -0.394 e. The molecule has 30 N–H and O–H groups in total. The zero-order valence-corrected chi connectivity index (χ0v) is 57.5. The summed E-state index contributed by atoms with van der Waals surface area (Å²) < 4.78 is 115. The molecule has 0 unspecified atom stereocenters. The Morgan fingerprint density at radius 1 is 0.164 bits per heavy atom. The molecule has 0 amide bonds. The Balaban J connectivity index is 0.870. The second kappa shape index (κ2) is 37.9. The van der Waals surface area contributed by atoms with Crippen LogP contribution in [0.15, 0.2) is 0 Å². The molecule has 32 aliphatic heterocycles. The first kappa shape index (κ1) is 88.8. The lowest BCUT2D eigenvalue weighted by Gasteiger charge is -2.51. The fraction of sp³-hybridized carbons (Fsp3) is 1.00. The largest absolute Gasteiger partial charge is 0.394 e. The summed E-state index contributed by atoms with van der Waals surface area (Å²) in [7, 11) is 0. The molecule has 32 aliphatic rings. The molecule has 110 heavy (non-hydrogen) atoms. The standard InChI is InChI=1S/C60H100O50/c61-1-11-21(70)22(71)32(81)52(92-11)102-42-12(2-62)93-51(33(82)23(42)72)91-10-20-50-31(80)41(90)60(101-20)109-49-19(9-69)99-58(39(88)29(49)78)107-47-17(7-67)97-56(37(86)27(47)76)105-45-15(5-65)95-54(35(84)25(45)74)103-43-13(3-63)94-53(34(83)24(43)73)104-44-14(4-64)96-55(36(85)26(44)75)106-46-16(6-66)98-57(38(87)28(46)77)108-48-18(8-68)100-59(110-50)40(89)30(48)79/h11-90H,1-10H2/t11-,12-,13-,14-,15-,16-,17-,18-,19-,20-,21+,22+,23-,24-,25-,26-,27-,28-,29-,30-,31-,32-,33-,34-,35-,36-,37-,38-,39-,40-,41-,42-,43-,44-,45-,46-,47-,48-,49-,50-,51-,52+,53-,54-,55-,56-,57-,58-,59-,60-/m1/s1. The monoisotopic (exact) mass is 1620 g/mol. The quantitative estimate of drug-likeness (QED) is 0.0768. The lowest BCUT2D eigenvalue weighted by atomic mass is 9.94. The van der Waals surface area contributed by atoms with Gasteiger partial charge in [-0.15, -0.1) is 0 Å². The smallest absolute Gasteiger partial charge is 0.187 e. The predicted molar refractivity (Wildman–Crippen MR) is 326 cm³/mol. The second-order valence-electron chi connectivity index (χ2n) is 28.1. The number of hydrogen-bond acceptors (Lipinski definition) is 50. The van der Waals surface area contributed by atoms with Crippen molar-refractivity contribution in [3.63, 3.8) is 0 Å². The van der Waals surface area contributed by atoms with Gasteiger partial charge in [0.05, 0.1) is 66.1 Å². The molecule has 32 fully saturated rings. The topological polar surface area (TPSA) is 792 Å². The average Bonchev–Trinajstić information content (AvgIpc) is 0.773. The van der Waals surface area contributed by atoms with Crippen LogP contribution in [0.25, 0.3) is 0 Å². The van der Waals surface area contributed by atoms with Gasteiger partial charge in [-0.1, -0.05) is 0 Å². The van der Waals surface area contributed by atoms with E-state index in [1.807, 2.05) is 0 Å². The SMILES string of the molecule is OC[C@H]1O[C@@H](O[C@H]2[C@H](O)[C@@H](O)[C@H](OC[C@H]3O[C@@H]4O[C@H]5[C@H](O)[C@@H](O)[C@@H](O[C@H]6[C@H](O)[C@@H](O)[C@@H](O[C@H]7[C@H](O)[C@@H](O)[C@@H](O[C@H]8[C@H](O)[C@@H](O)[C@@H](O[C@H]9[C@H](O)[C@@H](O)[C@@H](O[C@H]%10[C@H](O)[C@@H](O)[C@@H](O[C@H]%11[C@H](O)[C@@H](O)[C@@H](O[C@H]3[C@H](O)[C@H]4O)O[C@@H]%11CO)O[C@@H]%10CO)O[C@@H]9CO)O[C@@H]8CO)O[C@@H]7CO)O[C@@H]6CO)O[C@@H]5CO)O[C@@H]2CO)[C@H](O)[C@@H](O)[C@H]1O. The number of aliphatic hydroxyl groups is 30. The highest BCUT2D eigenvalue weighted by molar-refractivity contribution is 5.04. The van der Waals surface area contributed by atoms with Crippen molar-refractivity contribution in [3.8, 4) is 0 Å². The minimum absolute atomic E-state index is 0.922. The predicted octanol–water partition coefficient (Wildman–Crippen LogP) is -21.8. The van der Waals surface area contributed by atoms with E-state index in [1.54, 1.807) is 0 Å². The average molecular weight is 1620 g/mol. The van der Waals surface area contributed by atoms with Crippen molar-refractivity contribution in [2.24, 2.45) is 0 Å². The molecule has 0 saturated carbocycles. The van der Waals surface area contributed by atoms with Crippen LogP contribution in [0.4, 0.5) is 0 Å². The second-order valence-corrected chi connectivity index (χ2v) is 28.1. The maximum Gasteiger partial charge on any atom is 0.187 e. The van der Waals surface area contributed by atoms with Crippen LogP contribution in [-0.4, -0.2) is 526 Å². The Morgan fingerprint density at radius 2 is 0.364 bits per heavy atom. The third kappa shape index (κ3) is 17.7. The molecule has 0 radical (unpaired) electrons. The third-order valence-corrected chi connectivity index (χ3v) is 21.1.